The second-order valence-electron chi connectivity index (χ2n) is 9.73. The van der Waals surface area contributed by atoms with Gasteiger partial charge >= 0.3 is 5.97 Å². The number of hydrogen-bond acceptors (Lipinski definition) is 6. The molecule has 0 aliphatic rings. The molecule has 10 heteroatoms. The number of nitrogens with one attached hydrogen (secondary N) is 1. The van der Waals surface area contributed by atoms with E-state index in [0.29, 0.717) is 28.2 Å². The quantitative estimate of drug-likeness (QED) is 0.272. The number of hydrogen-bond donors (Lipinski definition) is 1. The Morgan fingerprint density at radius 3 is 2.26 bits per heavy atom. The lowest BCUT2D eigenvalue weighted by atomic mass is 10.1. The van der Waals surface area contributed by atoms with Crippen LogP contribution in [0.5, 0.6) is 0 Å². The normalized spacial score (nSPS) is 11.0. The molecule has 42 heavy (non-hydrogen) atoms. The van der Waals surface area contributed by atoms with E-state index in [1.165, 1.54) is 21.8 Å². The number of benzene rings is 3. The van der Waals surface area contributed by atoms with Crippen molar-refractivity contribution in [2.24, 2.45) is 0 Å². The summed E-state index contributed by atoms with van der Waals surface area (Å²) >= 11 is 6.30. The van der Waals surface area contributed by atoms with E-state index in [0.717, 1.165) is 5.56 Å². The summed E-state index contributed by atoms with van der Waals surface area (Å²) in [7, 11) is 3.09. The number of nitrogens with zero attached hydrogens (tertiary/aromatic N) is 3. The molecule has 1 N–H and O–H groups in total. The highest BCUT2D eigenvalue weighted by atomic mass is 35.5. The Balaban J connectivity index is 1.55. The Morgan fingerprint density at radius 1 is 0.905 bits per heavy atom. The Bertz CT molecular complexity index is 1900. The first kappa shape index (κ1) is 28.5. The Hall–Kier alpha value is -4.99. The first-order valence-corrected chi connectivity index (χ1v) is 13.5. The number of rotatable bonds is 8. The number of hydroxylamine groups is 2. The van der Waals surface area contributed by atoms with Gasteiger partial charge < -0.3 is 19.3 Å². The molecule has 0 fully saturated rings. The van der Waals surface area contributed by atoms with Gasteiger partial charge in [-0.05, 0) is 42.0 Å². The van der Waals surface area contributed by atoms with Crippen LogP contribution >= 0.6 is 11.6 Å². The lowest BCUT2D eigenvalue weighted by molar-refractivity contribution is -0.0721. The summed E-state index contributed by atoms with van der Waals surface area (Å²) < 4.78 is 3.09. The smallest absolute Gasteiger partial charge is 0.363 e. The average molecular weight is 583 g/mol. The second-order valence-corrected chi connectivity index (χ2v) is 10.2. The molecule has 2 aromatic heterocycles. The Morgan fingerprint density at radius 2 is 1.60 bits per heavy atom. The summed E-state index contributed by atoms with van der Waals surface area (Å²) in [4.78, 5) is 58.6. The van der Waals surface area contributed by atoms with Gasteiger partial charge in [0.25, 0.3) is 11.5 Å². The summed E-state index contributed by atoms with van der Waals surface area (Å²) in [5.74, 6) is -1.37. The van der Waals surface area contributed by atoms with Crippen LogP contribution in [0.25, 0.3) is 16.6 Å². The van der Waals surface area contributed by atoms with Crippen LogP contribution in [-0.4, -0.2) is 40.2 Å². The van der Waals surface area contributed by atoms with Crippen molar-refractivity contribution in [1.29, 1.82) is 0 Å². The van der Waals surface area contributed by atoms with E-state index in [1.54, 1.807) is 67.3 Å². The molecule has 0 radical (unpaired) electrons. The third-order valence-electron chi connectivity index (χ3n) is 6.58. The maximum absolute atomic E-state index is 13.8. The molecule has 9 nitrogen and oxygen atoms in total. The van der Waals surface area contributed by atoms with Gasteiger partial charge in [0.2, 0.25) is 0 Å². The minimum atomic E-state index is -0.796. The molecule has 0 aliphatic heterocycles. The number of fused-ring (bicyclic) bond motifs is 1. The van der Waals surface area contributed by atoms with Gasteiger partial charge in [0, 0.05) is 54.6 Å². The van der Waals surface area contributed by atoms with Crippen LogP contribution in [0.3, 0.4) is 0 Å². The fourth-order valence-electron chi connectivity index (χ4n) is 4.67. The van der Waals surface area contributed by atoms with Gasteiger partial charge in [-0.25, -0.2) is 4.79 Å². The van der Waals surface area contributed by atoms with Crippen LogP contribution < -0.4 is 16.3 Å². The molecule has 0 aliphatic carbocycles. The number of carbonyl (C=O) groups excluding carboxylic acids is 2. The van der Waals surface area contributed by atoms with Gasteiger partial charge in [-0.2, -0.15) is 0 Å². The van der Waals surface area contributed by atoms with E-state index < -0.39 is 17.3 Å². The minimum Gasteiger partial charge on any atom is -0.363 e. The molecule has 5 rings (SSSR count). The highest BCUT2D eigenvalue weighted by Gasteiger charge is 2.26. The highest BCUT2D eigenvalue weighted by molar-refractivity contribution is 6.31. The van der Waals surface area contributed by atoms with E-state index in [1.807, 2.05) is 36.4 Å². The molecule has 212 valence electrons. The van der Waals surface area contributed by atoms with Crippen molar-refractivity contribution in [2.75, 3.05) is 14.1 Å². The number of halogens is 1. The largest absolute Gasteiger partial charge is 0.374 e. The van der Waals surface area contributed by atoms with E-state index in [2.05, 4.69) is 5.32 Å². The predicted octanol–water partition coefficient (Wildman–Crippen LogP) is 4.42. The maximum Gasteiger partial charge on any atom is 0.374 e. The molecule has 5 aromatic rings. The van der Waals surface area contributed by atoms with Gasteiger partial charge in [0.05, 0.1) is 17.6 Å². The molecule has 3 aromatic carbocycles. The maximum atomic E-state index is 13.8. The van der Waals surface area contributed by atoms with Crippen molar-refractivity contribution in [3.8, 4) is 5.69 Å². The highest BCUT2D eigenvalue weighted by Crippen LogP contribution is 2.25. The van der Waals surface area contributed by atoms with Crippen LogP contribution in [0, 0.1) is 0 Å². The van der Waals surface area contributed by atoms with Crippen LogP contribution in [0.4, 0.5) is 0 Å². The van der Waals surface area contributed by atoms with E-state index in [4.69, 9.17) is 16.4 Å². The second kappa shape index (κ2) is 12.3. The SMILES string of the molecule is CN(C)OC(=O)c1c(CNC(=O)c2ccn(Cc3ccccc3)c(=O)c2)c(=O)c2ccc(Cl)cc2n1-c1ccccc1. The van der Waals surface area contributed by atoms with Gasteiger partial charge in [-0.1, -0.05) is 60.1 Å². The summed E-state index contributed by atoms with van der Waals surface area (Å²) in [6.07, 6.45) is 1.55. The fourth-order valence-corrected chi connectivity index (χ4v) is 4.84. The van der Waals surface area contributed by atoms with Crippen molar-refractivity contribution in [1.82, 2.24) is 19.5 Å². The van der Waals surface area contributed by atoms with Crippen LogP contribution in [0.2, 0.25) is 5.02 Å². The molecule has 0 saturated heterocycles. The minimum absolute atomic E-state index is 0.0197. The van der Waals surface area contributed by atoms with Gasteiger partial charge in [-0.3, -0.25) is 14.4 Å². The van der Waals surface area contributed by atoms with Crippen LogP contribution in [0.15, 0.2) is 107 Å². The molecule has 0 bridgehead atoms. The van der Waals surface area contributed by atoms with E-state index in [-0.39, 0.29) is 28.9 Å². The van der Waals surface area contributed by atoms with Crippen LogP contribution in [0.1, 0.15) is 32.0 Å². The number of carbonyl (C=O) groups is 2. The molecule has 0 spiro atoms. The number of amides is 1. The van der Waals surface area contributed by atoms with Gasteiger partial charge in [-0.15, -0.1) is 5.06 Å². The Kier molecular flexibility index (Phi) is 8.33. The van der Waals surface area contributed by atoms with Crippen LogP contribution in [-0.2, 0) is 17.9 Å². The third-order valence-corrected chi connectivity index (χ3v) is 6.82. The summed E-state index contributed by atoms with van der Waals surface area (Å²) in [6.45, 7) is 0.0626. The zero-order chi connectivity index (χ0) is 29.8. The van der Waals surface area contributed by atoms with E-state index in [9.17, 15) is 19.2 Å². The zero-order valence-electron chi connectivity index (χ0n) is 22.9. The number of pyridine rings is 2. The molecule has 1 amide bonds. The van der Waals surface area contributed by atoms with Crippen molar-refractivity contribution in [3.63, 3.8) is 0 Å². The van der Waals surface area contributed by atoms with E-state index >= 15 is 0 Å². The predicted molar refractivity (Wildman–Crippen MR) is 161 cm³/mol. The summed E-state index contributed by atoms with van der Waals surface area (Å²) in [5.41, 5.74) is 1.21. The van der Waals surface area contributed by atoms with Gasteiger partial charge in [0.1, 0.15) is 5.69 Å². The molecular formula is C32H27ClN4O5. The third kappa shape index (κ3) is 6.02. The fraction of sp³-hybridized carbons (Fsp3) is 0.125. The summed E-state index contributed by atoms with van der Waals surface area (Å²) in [6, 6.07) is 26.0. The average Bonchev–Trinajstić information content (AvgIpc) is 2.98. The number of aromatic nitrogens is 2. The van der Waals surface area contributed by atoms with Gasteiger partial charge in [0.15, 0.2) is 5.43 Å². The molecule has 0 unspecified atom stereocenters. The molecular weight excluding hydrogens is 556 g/mol. The lowest BCUT2D eigenvalue weighted by Gasteiger charge is -2.21. The summed E-state index contributed by atoms with van der Waals surface area (Å²) in [5, 5.41) is 4.61. The lowest BCUT2D eigenvalue weighted by Crippen LogP contribution is -2.33. The standard InChI is InChI=1S/C32H27ClN4O5/c1-35(2)42-32(41)29-26(30(39)25-14-13-23(33)18-27(25)37(29)24-11-7-4-8-12-24)19-34-31(40)22-15-16-36(28(38)17-22)20-21-9-5-3-6-10-21/h3-18H,19-20H2,1-2H3,(H,34,40). The monoisotopic (exact) mass is 582 g/mol. The topological polar surface area (TPSA) is 103 Å². The Labute approximate surface area is 246 Å². The molecule has 0 atom stereocenters. The first-order chi connectivity index (χ1) is 20.2. The number of para-hydroxylation sites is 1. The van der Waals surface area contributed by atoms with Crippen molar-refractivity contribution >= 4 is 34.4 Å². The first-order valence-electron chi connectivity index (χ1n) is 13.1. The van der Waals surface area contributed by atoms with Crippen molar-refractivity contribution in [3.05, 3.63) is 145 Å². The zero-order valence-corrected chi connectivity index (χ0v) is 23.7. The molecule has 2 heterocycles. The molecule has 0 saturated carbocycles. The van der Waals surface area contributed by atoms with Crippen molar-refractivity contribution in [2.45, 2.75) is 13.1 Å². The van der Waals surface area contributed by atoms with Crippen molar-refractivity contribution < 1.29 is 14.4 Å².